The van der Waals surface area contributed by atoms with E-state index in [1.807, 2.05) is 0 Å². The minimum Gasteiger partial charge on any atom is -0.380 e. The number of rotatable bonds is 5. The third-order valence-electron chi connectivity index (χ3n) is 2.45. The minimum absolute atomic E-state index is 0.478. The number of nitrogens with zero attached hydrogens (tertiary/aromatic N) is 1. The molecule has 0 saturated carbocycles. The molecule has 0 aliphatic carbocycles. The standard InChI is InChI=1S/C10H17IN2O/c1-3-5-6-7(4-2)9-8(11)10(12)13-14-9/h7H,3-6H2,1-2H3,(H2,12,13). The molecule has 0 fully saturated rings. The van der Waals surface area contributed by atoms with Crippen molar-refractivity contribution in [3.05, 3.63) is 9.33 Å². The second-order valence-corrected chi connectivity index (χ2v) is 4.57. The topological polar surface area (TPSA) is 52.0 Å². The zero-order chi connectivity index (χ0) is 10.6. The van der Waals surface area contributed by atoms with Gasteiger partial charge in [0, 0.05) is 5.92 Å². The first-order chi connectivity index (χ1) is 6.70. The van der Waals surface area contributed by atoms with Crippen molar-refractivity contribution in [2.24, 2.45) is 0 Å². The van der Waals surface area contributed by atoms with Gasteiger partial charge in [-0.1, -0.05) is 31.8 Å². The number of hydrogen-bond donors (Lipinski definition) is 1. The summed E-state index contributed by atoms with van der Waals surface area (Å²) in [5, 5.41) is 3.79. The van der Waals surface area contributed by atoms with Crippen LogP contribution in [0.1, 0.15) is 51.2 Å². The van der Waals surface area contributed by atoms with E-state index in [1.54, 1.807) is 0 Å². The zero-order valence-corrected chi connectivity index (χ0v) is 10.9. The van der Waals surface area contributed by atoms with Gasteiger partial charge in [-0.15, -0.1) is 0 Å². The predicted molar refractivity (Wildman–Crippen MR) is 66.2 cm³/mol. The van der Waals surface area contributed by atoms with E-state index in [0.717, 1.165) is 22.2 Å². The Bertz CT molecular complexity index is 286. The third kappa shape index (κ3) is 2.62. The highest BCUT2D eigenvalue weighted by Crippen LogP contribution is 2.31. The number of nitrogens with two attached hydrogens (primary N) is 1. The molecule has 0 bridgehead atoms. The summed E-state index contributed by atoms with van der Waals surface area (Å²) in [6.45, 7) is 4.38. The van der Waals surface area contributed by atoms with Crippen LogP contribution in [0.2, 0.25) is 0 Å². The Labute approximate surface area is 98.6 Å². The third-order valence-corrected chi connectivity index (χ3v) is 3.54. The molecule has 4 heteroatoms. The molecule has 0 spiro atoms. The molecule has 0 aliphatic rings. The van der Waals surface area contributed by atoms with Gasteiger partial charge in [-0.05, 0) is 35.4 Å². The van der Waals surface area contributed by atoms with Crippen LogP contribution in [-0.4, -0.2) is 5.16 Å². The molecule has 14 heavy (non-hydrogen) atoms. The molecule has 0 radical (unpaired) electrons. The lowest BCUT2D eigenvalue weighted by molar-refractivity contribution is 0.347. The fourth-order valence-corrected chi connectivity index (χ4v) is 2.17. The maximum absolute atomic E-state index is 5.65. The van der Waals surface area contributed by atoms with E-state index in [1.165, 1.54) is 12.8 Å². The van der Waals surface area contributed by atoms with Gasteiger partial charge in [0.15, 0.2) is 11.6 Å². The van der Waals surface area contributed by atoms with Gasteiger partial charge in [0.2, 0.25) is 0 Å². The first-order valence-corrected chi connectivity index (χ1v) is 6.19. The second kappa shape index (κ2) is 5.58. The normalized spacial score (nSPS) is 13.1. The molecule has 1 rings (SSSR count). The van der Waals surface area contributed by atoms with Gasteiger partial charge in [0.05, 0.1) is 3.57 Å². The van der Waals surface area contributed by atoms with Crippen molar-refractivity contribution in [1.82, 2.24) is 5.16 Å². The van der Waals surface area contributed by atoms with Gasteiger partial charge in [-0.25, -0.2) is 0 Å². The number of anilines is 1. The van der Waals surface area contributed by atoms with Crippen LogP contribution < -0.4 is 5.73 Å². The summed E-state index contributed by atoms with van der Waals surface area (Å²) in [5.74, 6) is 1.97. The van der Waals surface area contributed by atoms with E-state index in [9.17, 15) is 0 Å². The van der Waals surface area contributed by atoms with Crippen LogP contribution in [0.5, 0.6) is 0 Å². The predicted octanol–water partition coefficient (Wildman–Crippen LogP) is 3.55. The van der Waals surface area contributed by atoms with Gasteiger partial charge < -0.3 is 10.3 Å². The average molecular weight is 308 g/mol. The van der Waals surface area contributed by atoms with E-state index in [4.69, 9.17) is 10.3 Å². The molecule has 0 aliphatic heterocycles. The highest BCUT2D eigenvalue weighted by Gasteiger charge is 2.19. The summed E-state index contributed by atoms with van der Waals surface area (Å²) >= 11 is 2.21. The number of aromatic nitrogens is 1. The molecular weight excluding hydrogens is 291 g/mol. The molecule has 0 saturated heterocycles. The fraction of sp³-hybridized carbons (Fsp3) is 0.700. The van der Waals surface area contributed by atoms with Gasteiger partial charge in [-0.2, -0.15) is 0 Å². The summed E-state index contributed by atoms with van der Waals surface area (Å²) in [7, 11) is 0. The van der Waals surface area contributed by atoms with Crippen molar-refractivity contribution in [2.45, 2.75) is 45.4 Å². The molecule has 1 unspecified atom stereocenters. The first kappa shape index (κ1) is 11.8. The molecule has 80 valence electrons. The lowest BCUT2D eigenvalue weighted by atomic mass is 9.97. The maximum Gasteiger partial charge on any atom is 0.180 e. The molecule has 2 N–H and O–H groups in total. The summed E-state index contributed by atoms with van der Waals surface area (Å²) < 4.78 is 6.25. The van der Waals surface area contributed by atoms with E-state index in [0.29, 0.717) is 11.7 Å². The fourth-order valence-electron chi connectivity index (χ4n) is 1.53. The molecule has 1 aromatic heterocycles. The van der Waals surface area contributed by atoms with Crippen LogP contribution in [0.15, 0.2) is 4.52 Å². The van der Waals surface area contributed by atoms with Crippen LogP contribution in [0.4, 0.5) is 5.82 Å². The molecule has 0 amide bonds. The van der Waals surface area contributed by atoms with Crippen LogP contribution in [0.3, 0.4) is 0 Å². The minimum atomic E-state index is 0.478. The van der Waals surface area contributed by atoms with E-state index >= 15 is 0 Å². The smallest absolute Gasteiger partial charge is 0.180 e. The maximum atomic E-state index is 5.65. The molecule has 1 aromatic rings. The second-order valence-electron chi connectivity index (χ2n) is 3.49. The van der Waals surface area contributed by atoms with E-state index in [-0.39, 0.29) is 0 Å². The first-order valence-electron chi connectivity index (χ1n) is 5.11. The van der Waals surface area contributed by atoms with Gasteiger partial charge in [-0.3, -0.25) is 0 Å². The molecule has 0 aromatic carbocycles. The van der Waals surface area contributed by atoms with Crippen LogP contribution in [0.25, 0.3) is 0 Å². The Balaban J connectivity index is 2.73. The number of hydrogen-bond acceptors (Lipinski definition) is 3. The Hall–Kier alpha value is -0.260. The van der Waals surface area contributed by atoms with Crippen molar-refractivity contribution in [3.63, 3.8) is 0 Å². The Morgan fingerprint density at radius 3 is 2.64 bits per heavy atom. The largest absolute Gasteiger partial charge is 0.380 e. The Kier molecular flexibility index (Phi) is 4.71. The summed E-state index contributed by atoms with van der Waals surface area (Å²) in [5.41, 5.74) is 5.65. The number of unbranched alkanes of at least 4 members (excludes halogenated alkanes) is 1. The van der Waals surface area contributed by atoms with Crippen LogP contribution >= 0.6 is 22.6 Å². The van der Waals surface area contributed by atoms with E-state index < -0.39 is 0 Å². The van der Waals surface area contributed by atoms with Gasteiger partial charge >= 0.3 is 0 Å². The molecule has 1 atom stereocenters. The Morgan fingerprint density at radius 1 is 1.50 bits per heavy atom. The highest BCUT2D eigenvalue weighted by molar-refractivity contribution is 14.1. The van der Waals surface area contributed by atoms with Crippen molar-refractivity contribution in [3.8, 4) is 0 Å². The summed E-state index contributed by atoms with van der Waals surface area (Å²) in [6.07, 6.45) is 4.70. The molecule has 1 heterocycles. The zero-order valence-electron chi connectivity index (χ0n) is 8.72. The molecule has 3 nitrogen and oxygen atoms in total. The van der Waals surface area contributed by atoms with Crippen molar-refractivity contribution >= 4 is 28.4 Å². The monoisotopic (exact) mass is 308 g/mol. The van der Waals surface area contributed by atoms with Crippen molar-refractivity contribution < 1.29 is 4.52 Å². The SMILES string of the molecule is CCCCC(CC)c1onc(N)c1I. The number of halogens is 1. The average Bonchev–Trinajstić information content (AvgIpc) is 2.51. The molecular formula is C10H17IN2O. The summed E-state index contributed by atoms with van der Waals surface area (Å²) in [4.78, 5) is 0. The van der Waals surface area contributed by atoms with Gasteiger partial charge in [0.1, 0.15) is 0 Å². The van der Waals surface area contributed by atoms with Gasteiger partial charge in [0.25, 0.3) is 0 Å². The van der Waals surface area contributed by atoms with Crippen LogP contribution in [0, 0.1) is 3.57 Å². The lowest BCUT2D eigenvalue weighted by Gasteiger charge is -2.10. The lowest BCUT2D eigenvalue weighted by Crippen LogP contribution is -1.98. The highest BCUT2D eigenvalue weighted by atomic mass is 127. The number of nitrogen functional groups attached to an aromatic ring is 1. The van der Waals surface area contributed by atoms with Crippen LogP contribution in [-0.2, 0) is 0 Å². The quantitative estimate of drug-likeness (QED) is 0.846. The Morgan fingerprint density at radius 2 is 2.21 bits per heavy atom. The van der Waals surface area contributed by atoms with Crippen molar-refractivity contribution in [1.29, 1.82) is 0 Å². The van der Waals surface area contributed by atoms with Crippen molar-refractivity contribution in [2.75, 3.05) is 5.73 Å². The van der Waals surface area contributed by atoms with E-state index in [2.05, 4.69) is 41.6 Å². The summed E-state index contributed by atoms with van der Waals surface area (Å²) in [6, 6.07) is 0.